The molecule has 2 aliphatic heterocycles. The van der Waals surface area contributed by atoms with Crippen LogP contribution in [-0.4, -0.2) is 59.3 Å². The Bertz CT molecular complexity index is 688. The van der Waals surface area contributed by atoms with Crippen LogP contribution in [0.2, 0.25) is 0 Å². The fourth-order valence-electron chi connectivity index (χ4n) is 3.49. The molecule has 0 amide bonds. The number of hydrogen-bond acceptors (Lipinski definition) is 5. The maximum atomic E-state index is 5.68. The Morgan fingerprint density at radius 3 is 2.80 bits per heavy atom. The molecule has 2 aromatic heterocycles. The zero-order chi connectivity index (χ0) is 17.1. The SMILES string of the molecule is S=C1N[C@H](c2ccccn2)[C@H](c2cccs2)N1CCN1CCOCC1. The molecule has 0 aromatic carbocycles. The predicted octanol–water partition coefficient (Wildman–Crippen LogP) is 2.45. The second kappa shape index (κ2) is 7.78. The van der Waals surface area contributed by atoms with Gasteiger partial charge >= 0.3 is 0 Å². The van der Waals surface area contributed by atoms with E-state index in [1.165, 1.54) is 4.88 Å². The maximum absolute atomic E-state index is 5.68. The average molecular weight is 375 g/mol. The van der Waals surface area contributed by atoms with Gasteiger partial charge in [-0.1, -0.05) is 12.1 Å². The molecule has 0 aliphatic carbocycles. The van der Waals surface area contributed by atoms with E-state index in [1.807, 2.05) is 18.3 Å². The minimum Gasteiger partial charge on any atom is -0.379 e. The number of nitrogens with one attached hydrogen (secondary N) is 1. The Balaban J connectivity index is 1.55. The molecule has 7 heteroatoms. The molecule has 2 saturated heterocycles. The standard InChI is InChI=1S/C18H22N4OS2/c24-18-20-16(14-4-1-2-6-19-14)17(15-5-3-13-25-15)22(18)8-7-21-9-11-23-12-10-21/h1-6,13,16-17H,7-12H2,(H,20,24)/t16-,17+/m1/s1. The third-order valence-electron chi connectivity index (χ3n) is 4.79. The van der Waals surface area contributed by atoms with Gasteiger partial charge in [0.05, 0.1) is 31.0 Å². The van der Waals surface area contributed by atoms with Crippen LogP contribution in [0.3, 0.4) is 0 Å². The first-order valence-electron chi connectivity index (χ1n) is 8.64. The van der Waals surface area contributed by atoms with Gasteiger partial charge in [-0.25, -0.2) is 0 Å². The van der Waals surface area contributed by atoms with Gasteiger partial charge in [0.2, 0.25) is 0 Å². The van der Waals surface area contributed by atoms with E-state index >= 15 is 0 Å². The van der Waals surface area contributed by atoms with E-state index in [4.69, 9.17) is 17.0 Å². The number of hydrogen-bond donors (Lipinski definition) is 1. The Hall–Kier alpha value is -1.54. The largest absolute Gasteiger partial charge is 0.379 e. The van der Waals surface area contributed by atoms with Crippen molar-refractivity contribution in [3.63, 3.8) is 0 Å². The lowest BCUT2D eigenvalue weighted by Crippen LogP contribution is -2.42. The van der Waals surface area contributed by atoms with Gasteiger partial charge in [0, 0.05) is 37.3 Å². The molecule has 0 spiro atoms. The second-order valence-corrected chi connectivity index (χ2v) is 7.66. The van der Waals surface area contributed by atoms with Gasteiger partial charge in [0.1, 0.15) is 0 Å². The van der Waals surface area contributed by atoms with Crippen LogP contribution in [0, 0.1) is 0 Å². The van der Waals surface area contributed by atoms with Gasteiger partial charge in [0.25, 0.3) is 0 Å². The lowest BCUT2D eigenvalue weighted by molar-refractivity contribution is 0.0351. The number of thiocarbonyl (C=S) groups is 1. The average Bonchev–Trinajstić information content (AvgIpc) is 3.29. The van der Waals surface area contributed by atoms with Crippen LogP contribution in [0.1, 0.15) is 22.7 Å². The molecule has 4 heterocycles. The van der Waals surface area contributed by atoms with Gasteiger partial charge in [-0.15, -0.1) is 11.3 Å². The topological polar surface area (TPSA) is 40.6 Å². The first-order chi connectivity index (χ1) is 12.3. The van der Waals surface area contributed by atoms with Crippen LogP contribution in [0.5, 0.6) is 0 Å². The van der Waals surface area contributed by atoms with Crippen LogP contribution < -0.4 is 5.32 Å². The summed E-state index contributed by atoms with van der Waals surface area (Å²) in [5.41, 5.74) is 1.04. The van der Waals surface area contributed by atoms with Crippen molar-refractivity contribution in [3.05, 3.63) is 52.5 Å². The minimum absolute atomic E-state index is 0.0945. The molecule has 25 heavy (non-hydrogen) atoms. The highest BCUT2D eigenvalue weighted by atomic mass is 32.1. The monoisotopic (exact) mass is 374 g/mol. The van der Waals surface area contributed by atoms with E-state index in [2.05, 4.69) is 43.7 Å². The maximum Gasteiger partial charge on any atom is 0.170 e. The van der Waals surface area contributed by atoms with Crippen LogP contribution in [-0.2, 0) is 4.74 Å². The molecule has 2 atom stereocenters. The number of thiophene rings is 1. The highest BCUT2D eigenvalue weighted by Gasteiger charge is 2.40. The Morgan fingerprint density at radius 2 is 2.08 bits per heavy atom. The third kappa shape index (κ3) is 3.69. The summed E-state index contributed by atoms with van der Waals surface area (Å²) in [6.07, 6.45) is 1.85. The number of pyridine rings is 1. The fourth-order valence-corrected chi connectivity index (χ4v) is 4.69. The number of ether oxygens (including phenoxy) is 1. The normalized spacial score (nSPS) is 24.5. The summed E-state index contributed by atoms with van der Waals surface area (Å²) < 4.78 is 5.45. The van der Waals surface area contributed by atoms with E-state index in [0.717, 1.165) is 50.2 Å². The van der Waals surface area contributed by atoms with E-state index < -0.39 is 0 Å². The van der Waals surface area contributed by atoms with Gasteiger partial charge in [-0.3, -0.25) is 9.88 Å². The smallest absolute Gasteiger partial charge is 0.170 e. The molecule has 0 unspecified atom stereocenters. The van der Waals surface area contributed by atoms with E-state index in [0.29, 0.717) is 0 Å². The summed E-state index contributed by atoms with van der Waals surface area (Å²) in [5, 5.41) is 6.46. The van der Waals surface area contributed by atoms with Gasteiger partial charge in [-0.05, 0) is 35.8 Å². The van der Waals surface area contributed by atoms with Crippen LogP contribution in [0.15, 0.2) is 41.9 Å². The lowest BCUT2D eigenvalue weighted by atomic mass is 10.0. The van der Waals surface area contributed by atoms with Crippen molar-refractivity contribution in [2.45, 2.75) is 12.1 Å². The molecule has 132 valence electrons. The summed E-state index contributed by atoms with van der Waals surface area (Å²) in [5.74, 6) is 0. The number of aromatic nitrogens is 1. The van der Waals surface area contributed by atoms with Gasteiger partial charge in [0.15, 0.2) is 5.11 Å². The Labute approximate surface area is 157 Å². The second-order valence-electron chi connectivity index (χ2n) is 6.29. The third-order valence-corrected chi connectivity index (χ3v) is 6.09. The summed E-state index contributed by atoms with van der Waals surface area (Å²) in [6.45, 7) is 5.57. The molecule has 2 aromatic rings. The van der Waals surface area contributed by atoms with E-state index in [9.17, 15) is 0 Å². The number of rotatable bonds is 5. The van der Waals surface area contributed by atoms with Crippen molar-refractivity contribution in [1.29, 1.82) is 0 Å². The number of morpholine rings is 1. The highest BCUT2D eigenvalue weighted by molar-refractivity contribution is 7.80. The molecule has 0 saturated carbocycles. The summed E-state index contributed by atoms with van der Waals surface area (Å²) >= 11 is 7.47. The van der Waals surface area contributed by atoms with Crippen molar-refractivity contribution >= 4 is 28.7 Å². The molecule has 0 bridgehead atoms. The van der Waals surface area contributed by atoms with Crippen molar-refractivity contribution in [1.82, 2.24) is 20.1 Å². The molecule has 4 rings (SSSR count). The highest BCUT2D eigenvalue weighted by Crippen LogP contribution is 2.40. The van der Waals surface area contributed by atoms with Gasteiger partial charge < -0.3 is 15.0 Å². The zero-order valence-electron chi connectivity index (χ0n) is 14.0. The van der Waals surface area contributed by atoms with Crippen molar-refractivity contribution in [2.24, 2.45) is 0 Å². The first kappa shape index (κ1) is 16.9. The zero-order valence-corrected chi connectivity index (χ0v) is 15.6. The minimum atomic E-state index is 0.0945. The number of nitrogens with zero attached hydrogens (tertiary/aromatic N) is 3. The quantitative estimate of drug-likeness (QED) is 0.811. The summed E-state index contributed by atoms with van der Waals surface area (Å²) in [7, 11) is 0. The van der Waals surface area contributed by atoms with E-state index in [-0.39, 0.29) is 12.1 Å². The molecular formula is C18H22N4OS2. The summed E-state index contributed by atoms with van der Waals surface area (Å²) in [4.78, 5) is 10.7. The molecule has 1 N–H and O–H groups in total. The van der Waals surface area contributed by atoms with Crippen molar-refractivity contribution < 1.29 is 4.74 Å². The van der Waals surface area contributed by atoms with Crippen LogP contribution in [0.4, 0.5) is 0 Å². The van der Waals surface area contributed by atoms with Gasteiger partial charge in [-0.2, -0.15) is 0 Å². The Morgan fingerprint density at radius 1 is 1.20 bits per heavy atom. The van der Waals surface area contributed by atoms with E-state index in [1.54, 1.807) is 11.3 Å². The van der Waals surface area contributed by atoms with Crippen molar-refractivity contribution in [3.8, 4) is 0 Å². The lowest BCUT2D eigenvalue weighted by Gasteiger charge is -2.31. The molecular weight excluding hydrogens is 352 g/mol. The Kier molecular flexibility index (Phi) is 5.26. The fraction of sp³-hybridized carbons (Fsp3) is 0.444. The van der Waals surface area contributed by atoms with Crippen LogP contribution in [0.25, 0.3) is 0 Å². The van der Waals surface area contributed by atoms with Crippen molar-refractivity contribution in [2.75, 3.05) is 39.4 Å². The van der Waals surface area contributed by atoms with Crippen LogP contribution >= 0.6 is 23.6 Å². The first-order valence-corrected chi connectivity index (χ1v) is 9.93. The molecule has 2 fully saturated rings. The molecule has 5 nitrogen and oxygen atoms in total. The molecule has 2 aliphatic rings. The predicted molar refractivity (Wildman–Crippen MR) is 104 cm³/mol. The summed E-state index contributed by atoms with van der Waals surface area (Å²) in [6, 6.07) is 10.7. The molecule has 0 radical (unpaired) electrons.